The van der Waals surface area contributed by atoms with E-state index < -0.39 is 4.92 Å². The van der Waals surface area contributed by atoms with Crippen LogP contribution in [0, 0.1) is 24.0 Å². The minimum absolute atomic E-state index is 0.0522. The number of nitro benzene ring substituents is 1. The predicted molar refractivity (Wildman–Crippen MR) is 111 cm³/mol. The minimum atomic E-state index is -0.407. The molecule has 27 heavy (non-hydrogen) atoms. The van der Waals surface area contributed by atoms with Crippen LogP contribution in [0.4, 0.5) is 5.69 Å². The fourth-order valence-corrected chi connectivity index (χ4v) is 4.91. The van der Waals surface area contributed by atoms with Crippen molar-refractivity contribution in [2.24, 2.45) is 0 Å². The Hall–Kier alpha value is -2.45. The number of thiophene rings is 1. The molecule has 1 atom stereocenters. The van der Waals surface area contributed by atoms with Gasteiger partial charge in [0.25, 0.3) is 11.2 Å². The highest BCUT2D eigenvalue weighted by Gasteiger charge is 2.19. The lowest BCUT2D eigenvalue weighted by Crippen LogP contribution is -2.22. The zero-order valence-corrected chi connectivity index (χ0v) is 16.9. The van der Waals surface area contributed by atoms with Crippen LogP contribution in [0.2, 0.25) is 0 Å². The summed E-state index contributed by atoms with van der Waals surface area (Å²) in [5.74, 6) is 0. The molecular weight excluding hydrogens is 382 g/mol. The summed E-state index contributed by atoms with van der Waals surface area (Å²) in [5.41, 5.74) is 1.76. The first-order valence-electron chi connectivity index (χ1n) is 8.36. The van der Waals surface area contributed by atoms with Crippen LogP contribution in [0.25, 0.3) is 10.2 Å². The number of hydrogen-bond donors (Lipinski definition) is 0. The van der Waals surface area contributed by atoms with Gasteiger partial charge in [0, 0.05) is 28.8 Å². The molecule has 0 fully saturated rings. The number of rotatable bonds is 6. The number of non-ortho nitro benzene ring substituents is 1. The molecule has 0 radical (unpaired) electrons. The first-order chi connectivity index (χ1) is 12.8. The van der Waals surface area contributed by atoms with Crippen LogP contribution in [0.3, 0.4) is 0 Å². The van der Waals surface area contributed by atoms with Gasteiger partial charge in [-0.15, -0.1) is 17.9 Å². The number of thioether (sulfide) groups is 1. The van der Waals surface area contributed by atoms with Crippen molar-refractivity contribution in [3.05, 3.63) is 73.4 Å². The Bertz CT molecular complexity index is 1100. The second-order valence-electron chi connectivity index (χ2n) is 6.17. The monoisotopic (exact) mass is 401 g/mol. The quantitative estimate of drug-likeness (QED) is 0.190. The van der Waals surface area contributed by atoms with Gasteiger partial charge >= 0.3 is 0 Å². The smallest absolute Gasteiger partial charge is 0.269 e. The second kappa shape index (κ2) is 7.66. The number of fused-ring (bicyclic) bond motifs is 1. The van der Waals surface area contributed by atoms with Gasteiger partial charge in [0.2, 0.25) is 0 Å². The molecule has 0 saturated carbocycles. The molecule has 0 aliphatic carbocycles. The van der Waals surface area contributed by atoms with Crippen LogP contribution >= 0.6 is 23.1 Å². The predicted octanol–water partition coefficient (Wildman–Crippen LogP) is 5.02. The van der Waals surface area contributed by atoms with Crippen molar-refractivity contribution < 1.29 is 4.92 Å². The Balaban J connectivity index is 2.06. The summed E-state index contributed by atoms with van der Waals surface area (Å²) in [4.78, 5) is 30.2. The van der Waals surface area contributed by atoms with Gasteiger partial charge in [-0.3, -0.25) is 19.5 Å². The highest BCUT2D eigenvalue weighted by molar-refractivity contribution is 7.99. The van der Waals surface area contributed by atoms with Crippen molar-refractivity contribution in [1.82, 2.24) is 9.55 Å². The van der Waals surface area contributed by atoms with Gasteiger partial charge in [0.1, 0.15) is 4.83 Å². The molecule has 0 bridgehead atoms. The fourth-order valence-electron chi connectivity index (χ4n) is 2.81. The van der Waals surface area contributed by atoms with Crippen molar-refractivity contribution in [1.29, 1.82) is 0 Å². The van der Waals surface area contributed by atoms with E-state index in [2.05, 4.69) is 6.58 Å². The molecule has 0 N–H and O–H groups in total. The van der Waals surface area contributed by atoms with Crippen LogP contribution < -0.4 is 5.56 Å². The topological polar surface area (TPSA) is 78.0 Å². The third kappa shape index (κ3) is 3.68. The maximum atomic E-state index is 13.0. The number of allylic oxidation sites excluding steroid dienone is 1. The summed E-state index contributed by atoms with van der Waals surface area (Å²) in [6.07, 6.45) is 1.67. The van der Waals surface area contributed by atoms with E-state index >= 15 is 0 Å². The maximum absolute atomic E-state index is 13.0. The van der Waals surface area contributed by atoms with E-state index in [1.807, 2.05) is 26.8 Å². The third-order valence-corrected chi connectivity index (χ3v) is 6.65. The Labute approximate surface area is 164 Å². The zero-order valence-electron chi connectivity index (χ0n) is 15.3. The summed E-state index contributed by atoms with van der Waals surface area (Å²) in [6.45, 7) is 9.98. The SMILES string of the molecule is C=CCn1c(S[C@H](C)c2cccc([N+](=O)[O-])c2)nc2sc(C)c(C)c2c1=O. The molecule has 0 saturated heterocycles. The average molecular weight is 402 g/mol. The lowest BCUT2D eigenvalue weighted by Gasteiger charge is -2.15. The molecule has 2 aromatic heterocycles. The van der Waals surface area contributed by atoms with Gasteiger partial charge in [0.15, 0.2) is 5.16 Å². The Morgan fingerprint density at radius 3 is 2.85 bits per heavy atom. The Morgan fingerprint density at radius 2 is 2.19 bits per heavy atom. The van der Waals surface area contributed by atoms with E-state index in [0.29, 0.717) is 17.1 Å². The van der Waals surface area contributed by atoms with E-state index in [1.165, 1.54) is 29.2 Å². The highest BCUT2D eigenvalue weighted by atomic mass is 32.2. The molecule has 0 amide bonds. The number of aryl methyl sites for hydroxylation is 2. The average Bonchev–Trinajstić information content (AvgIpc) is 2.92. The van der Waals surface area contributed by atoms with Gasteiger partial charge in [-0.05, 0) is 31.9 Å². The molecule has 0 unspecified atom stereocenters. The van der Waals surface area contributed by atoms with Crippen molar-refractivity contribution in [3.63, 3.8) is 0 Å². The molecular formula is C19H19N3O3S2. The molecule has 3 rings (SSSR count). The maximum Gasteiger partial charge on any atom is 0.269 e. The van der Waals surface area contributed by atoms with Crippen LogP contribution in [0.15, 0.2) is 46.9 Å². The zero-order chi connectivity index (χ0) is 19.7. The standard InChI is InChI=1S/C19H19N3O3S2/c1-5-9-21-18(23)16-11(2)12(3)26-17(16)20-19(21)27-13(4)14-7-6-8-15(10-14)22(24)25/h5-8,10,13H,1,9H2,2-4H3/t13-/m1/s1. The van der Waals surface area contributed by atoms with Crippen LogP contribution in [0.5, 0.6) is 0 Å². The number of hydrogen-bond acceptors (Lipinski definition) is 6. The van der Waals surface area contributed by atoms with E-state index in [0.717, 1.165) is 20.8 Å². The first-order valence-corrected chi connectivity index (χ1v) is 10.1. The normalized spacial score (nSPS) is 12.3. The largest absolute Gasteiger partial charge is 0.283 e. The van der Waals surface area contributed by atoms with Crippen molar-refractivity contribution in [2.45, 2.75) is 37.7 Å². The minimum Gasteiger partial charge on any atom is -0.283 e. The fraction of sp³-hybridized carbons (Fsp3) is 0.263. The van der Waals surface area contributed by atoms with E-state index in [4.69, 9.17) is 4.98 Å². The van der Waals surface area contributed by atoms with Gasteiger partial charge in [-0.1, -0.05) is 30.0 Å². The van der Waals surface area contributed by atoms with Crippen LogP contribution in [-0.4, -0.2) is 14.5 Å². The second-order valence-corrected chi connectivity index (χ2v) is 8.69. The molecule has 6 nitrogen and oxygen atoms in total. The molecule has 3 aromatic rings. The summed E-state index contributed by atoms with van der Waals surface area (Å²) >= 11 is 2.93. The molecule has 0 aliphatic heterocycles. The van der Waals surface area contributed by atoms with Gasteiger partial charge in [0.05, 0.1) is 10.3 Å². The van der Waals surface area contributed by atoms with Crippen molar-refractivity contribution >= 4 is 39.0 Å². The molecule has 0 aliphatic rings. The van der Waals surface area contributed by atoms with Crippen molar-refractivity contribution in [3.8, 4) is 0 Å². The van der Waals surface area contributed by atoms with Gasteiger partial charge in [-0.2, -0.15) is 0 Å². The summed E-state index contributed by atoms with van der Waals surface area (Å²) in [6, 6.07) is 6.55. The highest BCUT2D eigenvalue weighted by Crippen LogP contribution is 2.36. The van der Waals surface area contributed by atoms with Gasteiger partial charge in [-0.25, -0.2) is 4.98 Å². The third-order valence-electron chi connectivity index (χ3n) is 4.40. The lowest BCUT2D eigenvalue weighted by molar-refractivity contribution is -0.384. The van der Waals surface area contributed by atoms with Gasteiger partial charge < -0.3 is 0 Å². The Morgan fingerprint density at radius 1 is 1.44 bits per heavy atom. The number of nitro groups is 1. The Kier molecular flexibility index (Phi) is 5.48. The summed E-state index contributed by atoms with van der Waals surface area (Å²) in [7, 11) is 0. The summed E-state index contributed by atoms with van der Waals surface area (Å²) < 4.78 is 1.62. The lowest BCUT2D eigenvalue weighted by atomic mass is 10.1. The molecule has 1 aromatic carbocycles. The number of aromatic nitrogens is 2. The molecule has 140 valence electrons. The van der Waals surface area contributed by atoms with E-state index in [1.54, 1.807) is 22.8 Å². The number of nitrogens with zero attached hydrogens (tertiary/aromatic N) is 3. The molecule has 0 spiro atoms. The molecule has 8 heteroatoms. The van der Waals surface area contributed by atoms with Crippen LogP contribution in [-0.2, 0) is 6.54 Å². The molecule has 2 heterocycles. The first kappa shape index (κ1) is 19.3. The van der Waals surface area contributed by atoms with Crippen LogP contribution in [0.1, 0.15) is 28.2 Å². The van der Waals surface area contributed by atoms with Crippen molar-refractivity contribution in [2.75, 3.05) is 0 Å². The van der Waals surface area contributed by atoms with E-state index in [9.17, 15) is 14.9 Å². The summed E-state index contributed by atoms with van der Waals surface area (Å²) in [5, 5.41) is 12.2. The number of benzene rings is 1. The van der Waals surface area contributed by atoms with E-state index in [-0.39, 0.29) is 16.5 Å².